The number of carbonyl (C=O) groups excluding carboxylic acids is 1. The predicted molar refractivity (Wildman–Crippen MR) is 112 cm³/mol. The van der Waals surface area contributed by atoms with E-state index < -0.39 is 5.97 Å². The highest BCUT2D eigenvalue weighted by Crippen LogP contribution is 2.34. The number of rotatable bonds is 5. The third-order valence-corrected chi connectivity index (χ3v) is 5.32. The zero-order valence-corrected chi connectivity index (χ0v) is 16.0. The van der Waals surface area contributed by atoms with Crippen LogP contribution in [-0.4, -0.2) is 37.3 Å². The van der Waals surface area contributed by atoms with Gasteiger partial charge >= 0.3 is 5.97 Å². The van der Waals surface area contributed by atoms with Crippen molar-refractivity contribution in [1.29, 1.82) is 0 Å². The second kappa shape index (κ2) is 7.81. The third-order valence-electron chi connectivity index (χ3n) is 4.40. The fourth-order valence-electron chi connectivity index (χ4n) is 3.10. The normalized spacial score (nSPS) is 14.2. The molecule has 0 spiro atoms. The van der Waals surface area contributed by atoms with Crippen molar-refractivity contribution in [2.75, 3.05) is 5.75 Å². The van der Waals surface area contributed by atoms with E-state index in [-0.39, 0.29) is 23.1 Å². The van der Waals surface area contributed by atoms with Crippen molar-refractivity contribution in [2.24, 2.45) is 0 Å². The summed E-state index contributed by atoms with van der Waals surface area (Å²) < 4.78 is 1.48. The lowest BCUT2D eigenvalue weighted by Gasteiger charge is -2.12. The summed E-state index contributed by atoms with van der Waals surface area (Å²) >= 11 is 0.998. The van der Waals surface area contributed by atoms with Crippen molar-refractivity contribution >= 4 is 41.2 Å². The monoisotopic (exact) mass is 404 g/mol. The van der Waals surface area contributed by atoms with Gasteiger partial charge in [-0.2, -0.15) is 0 Å². The van der Waals surface area contributed by atoms with E-state index in [2.05, 4.69) is 4.98 Å². The molecule has 2 aromatic carbocycles. The first-order chi connectivity index (χ1) is 14.0. The van der Waals surface area contributed by atoms with Crippen LogP contribution in [0.1, 0.15) is 16.8 Å². The maximum absolute atomic E-state index is 12.5. The number of hydrogen-bond acceptors (Lipinski definition) is 5. The van der Waals surface area contributed by atoms with Gasteiger partial charge in [-0.1, -0.05) is 60.3 Å². The zero-order valence-electron chi connectivity index (χ0n) is 15.1. The largest absolute Gasteiger partial charge is 0.493 e. The lowest BCUT2D eigenvalue weighted by molar-refractivity contribution is -0.133. The molecule has 29 heavy (non-hydrogen) atoms. The first-order valence-electron chi connectivity index (χ1n) is 8.80. The van der Waals surface area contributed by atoms with Crippen LogP contribution in [0.2, 0.25) is 0 Å². The summed E-state index contributed by atoms with van der Waals surface area (Å²) in [6.45, 7) is 0. The van der Waals surface area contributed by atoms with Crippen LogP contribution in [0.3, 0.4) is 0 Å². The summed E-state index contributed by atoms with van der Waals surface area (Å²) in [6, 6.07) is 16.5. The molecule has 6 nitrogen and oxygen atoms in total. The van der Waals surface area contributed by atoms with Crippen molar-refractivity contribution in [3.63, 3.8) is 0 Å². The molecule has 2 N–H and O–H groups in total. The summed E-state index contributed by atoms with van der Waals surface area (Å²) in [4.78, 5) is 27.9. The van der Waals surface area contributed by atoms with Gasteiger partial charge in [0.15, 0.2) is 10.9 Å². The average molecular weight is 404 g/mol. The summed E-state index contributed by atoms with van der Waals surface area (Å²) in [6.07, 6.45) is 4.79. The minimum atomic E-state index is -0.987. The Labute approximate surface area is 170 Å². The Balaban J connectivity index is 1.85. The Kier molecular flexibility index (Phi) is 5.05. The van der Waals surface area contributed by atoms with Gasteiger partial charge in [-0.15, -0.1) is 0 Å². The minimum absolute atomic E-state index is 0.156. The molecule has 0 amide bonds. The molecule has 1 aromatic heterocycles. The molecule has 0 unspecified atom stereocenters. The Hall–Kier alpha value is -3.58. The van der Waals surface area contributed by atoms with E-state index in [1.165, 1.54) is 10.6 Å². The maximum atomic E-state index is 12.5. The van der Waals surface area contributed by atoms with Crippen molar-refractivity contribution in [1.82, 2.24) is 9.55 Å². The Bertz CT molecular complexity index is 1160. The number of para-hydroxylation sites is 1. The molecule has 0 atom stereocenters. The highest BCUT2D eigenvalue weighted by molar-refractivity contribution is 7.99. The second-order valence-corrected chi connectivity index (χ2v) is 7.24. The number of imidazole rings is 1. The summed E-state index contributed by atoms with van der Waals surface area (Å²) in [5.74, 6) is -1.53. The molecule has 7 heteroatoms. The Morgan fingerprint density at radius 1 is 1.07 bits per heavy atom. The molecular formula is C22H16N2O4S. The Morgan fingerprint density at radius 2 is 1.79 bits per heavy atom. The molecule has 3 aromatic rings. The first-order valence-corrected chi connectivity index (χ1v) is 9.78. The predicted octanol–water partition coefficient (Wildman–Crippen LogP) is 3.89. The van der Waals surface area contributed by atoms with Gasteiger partial charge < -0.3 is 10.2 Å². The number of nitrogens with zero attached hydrogens (tertiary/aromatic N) is 2. The number of fused-ring (bicyclic) bond motifs is 1. The maximum Gasteiger partial charge on any atom is 0.313 e. The molecule has 1 aliphatic rings. The molecule has 1 aliphatic carbocycles. The van der Waals surface area contributed by atoms with Crippen LogP contribution in [0.15, 0.2) is 65.8 Å². The van der Waals surface area contributed by atoms with Crippen LogP contribution in [-0.2, 0) is 9.59 Å². The minimum Gasteiger partial charge on any atom is -0.493 e. The number of aromatic hydroxyl groups is 1. The average Bonchev–Trinajstić information content (AvgIpc) is 3.04. The number of ketones is 1. The molecule has 1 heterocycles. The van der Waals surface area contributed by atoms with Gasteiger partial charge in [0.2, 0.25) is 5.88 Å². The lowest BCUT2D eigenvalue weighted by atomic mass is 9.91. The zero-order chi connectivity index (χ0) is 20.4. The molecule has 4 rings (SSSR count). The topological polar surface area (TPSA) is 92.4 Å². The second-order valence-electron chi connectivity index (χ2n) is 6.30. The highest BCUT2D eigenvalue weighted by atomic mass is 32.2. The van der Waals surface area contributed by atoms with Crippen LogP contribution in [0.4, 0.5) is 0 Å². The van der Waals surface area contributed by atoms with Gasteiger partial charge in [-0.05, 0) is 35.4 Å². The molecular weight excluding hydrogens is 388 g/mol. The fraction of sp³-hybridized carbons (Fsp3) is 0.0455. The SMILES string of the molecule is O=C(O)CSc1nc(/C=C2\C(=O)C=Cc3ccccc32)c(O)n1-c1ccccc1. The van der Waals surface area contributed by atoms with Gasteiger partial charge in [-0.25, -0.2) is 4.98 Å². The van der Waals surface area contributed by atoms with E-state index in [1.807, 2.05) is 42.5 Å². The standard InChI is InChI=1S/C22H16N2O4S/c25-19-11-10-14-6-4-5-9-16(14)17(19)12-18-21(28)24(15-7-2-1-3-8-15)22(23-18)29-13-20(26)27/h1-12,28H,13H2,(H,26,27)/b17-12-. The van der Waals surface area contributed by atoms with Gasteiger partial charge in [0, 0.05) is 5.57 Å². The number of carbonyl (C=O) groups is 2. The van der Waals surface area contributed by atoms with Crippen LogP contribution in [0.5, 0.6) is 5.88 Å². The van der Waals surface area contributed by atoms with E-state index >= 15 is 0 Å². The lowest BCUT2D eigenvalue weighted by Crippen LogP contribution is -2.04. The van der Waals surface area contributed by atoms with Crippen molar-refractivity contribution in [2.45, 2.75) is 5.16 Å². The van der Waals surface area contributed by atoms with Crippen LogP contribution in [0, 0.1) is 0 Å². The van der Waals surface area contributed by atoms with Crippen molar-refractivity contribution in [3.05, 3.63) is 77.5 Å². The quantitative estimate of drug-likeness (QED) is 0.495. The molecule has 0 bridgehead atoms. The number of carboxylic acid groups (broad SMARTS) is 1. The summed E-state index contributed by atoms with van der Waals surface area (Å²) in [5, 5.41) is 20.2. The van der Waals surface area contributed by atoms with Gasteiger partial charge in [0.05, 0.1) is 11.4 Å². The molecule has 0 saturated heterocycles. The molecule has 0 aliphatic heterocycles. The number of hydrogen-bond donors (Lipinski definition) is 2. The number of allylic oxidation sites excluding steroid dienone is 2. The molecule has 0 radical (unpaired) electrons. The number of aliphatic carboxylic acids is 1. The molecule has 0 saturated carbocycles. The Morgan fingerprint density at radius 3 is 2.55 bits per heavy atom. The van der Waals surface area contributed by atoms with Gasteiger partial charge in [0.25, 0.3) is 0 Å². The van der Waals surface area contributed by atoms with E-state index in [1.54, 1.807) is 24.3 Å². The van der Waals surface area contributed by atoms with E-state index in [4.69, 9.17) is 5.11 Å². The summed E-state index contributed by atoms with van der Waals surface area (Å²) in [7, 11) is 0. The fourth-order valence-corrected chi connectivity index (χ4v) is 3.84. The molecule has 0 fully saturated rings. The number of carboxylic acids is 1. The third kappa shape index (κ3) is 3.72. The summed E-state index contributed by atoms with van der Waals surface area (Å²) in [5.41, 5.74) is 2.93. The number of aromatic nitrogens is 2. The van der Waals surface area contributed by atoms with E-state index in [0.29, 0.717) is 16.4 Å². The van der Waals surface area contributed by atoms with Crippen LogP contribution >= 0.6 is 11.8 Å². The van der Waals surface area contributed by atoms with Crippen LogP contribution < -0.4 is 0 Å². The van der Waals surface area contributed by atoms with Crippen molar-refractivity contribution in [3.8, 4) is 11.6 Å². The smallest absolute Gasteiger partial charge is 0.313 e. The van der Waals surface area contributed by atoms with Gasteiger partial charge in [-0.3, -0.25) is 14.2 Å². The molecule has 144 valence electrons. The number of thioether (sulfide) groups is 1. The van der Waals surface area contributed by atoms with Crippen LogP contribution in [0.25, 0.3) is 23.4 Å². The van der Waals surface area contributed by atoms with E-state index in [9.17, 15) is 14.7 Å². The van der Waals surface area contributed by atoms with Crippen molar-refractivity contribution < 1.29 is 19.8 Å². The first kappa shape index (κ1) is 18.8. The highest BCUT2D eigenvalue weighted by Gasteiger charge is 2.22. The van der Waals surface area contributed by atoms with Gasteiger partial charge in [0.1, 0.15) is 5.69 Å². The van der Waals surface area contributed by atoms with E-state index in [0.717, 1.165) is 22.9 Å². The number of benzene rings is 2.